The van der Waals surface area contributed by atoms with Crippen LogP contribution in [0.5, 0.6) is 0 Å². The molecule has 0 aliphatic heterocycles. The highest BCUT2D eigenvalue weighted by Gasteiger charge is 1.98. The third kappa shape index (κ3) is 13.6. The lowest BCUT2D eigenvalue weighted by Gasteiger charge is -2.00. The summed E-state index contributed by atoms with van der Waals surface area (Å²) in [6.07, 6.45) is 1.45. The van der Waals surface area contributed by atoms with Gasteiger partial charge in [-0.15, -0.1) is 0 Å². The molecule has 6 heteroatoms. The smallest absolute Gasteiger partial charge is 0.304 e. The van der Waals surface area contributed by atoms with E-state index in [1.54, 1.807) is 23.5 Å². The van der Waals surface area contributed by atoms with E-state index in [9.17, 15) is 9.59 Å². The molecular weight excluding hydrogens is 236 g/mol. The summed E-state index contributed by atoms with van der Waals surface area (Å²) in [5.41, 5.74) is 0. The van der Waals surface area contributed by atoms with Gasteiger partial charge in [0.2, 0.25) is 0 Å². The first-order chi connectivity index (χ1) is 7.13. The minimum Gasteiger partial charge on any atom is -0.481 e. The second kappa shape index (κ2) is 10.2. The number of thioether (sulfide) groups is 2. The molecule has 0 aromatic heterocycles. The van der Waals surface area contributed by atoms with E-state index in [0.29, 0.717) is 11.5 Å². The summed E-state index contributed by atoms with van der Waals surface area (Å²) in [5, 5.41) is 16.7. The number of carboxylic acids is 2. The van der Waals surface area contributed by atoms with Crippen LogP contribution in [0.1, 0.15) is 19.3 Å². The van der Waals surface area contributed by atoms with E-state index < -0.39 is 11.9 Å². The van der Waals surface area contributed by atoms with E-state index in [1.807, 2.05) is 0 Å². The molecule has 0 heterocycles. The van der Waals surface area contributed by atoms with Crippen molar-refractivity contribution in [1.82, 2.24) is 0 Å². The molecule has 88 valence electrons. The molecule has 0 amide bonds. The van der Waals surface area contributed by atoms with Crippen LogP contribution in [-0.4, -0.2) is 45.2 Å². The van der Waals surface area contributed by atoms with Crippen molar-refractivity contribution in [3.05, 3.63) is 0 Å². The molecule has 0 unspecified atom stereocenters. The quantitative estimate of drug-likeness (QED) is 0.577. The highest BCUT2D eigenvalue weighted by atomic mass is 32.2. The lowest BCUT2D eigenvalue weighted by Crippen LogP contribution is -1.98. The minimum absolute atomic E-state index is 0.219. The zero-order valence-corrected chi connectivity index (χ0v) is 10.1. The second-order valence-corrected chi connectivity index (χ2v) is 5.32. The van der Waals surface area contributed by atoms with Gasteiger partial charge in [-0.1, -0.05) is 0 Å². The van der Waals surface area contributed by atoms with Crippen LogP contribution in [0.25, 0.3) is 0 Å². The van der Waals surface area contributed by atoms with Crippen LogP contribution >= 0.6 is 23.5 Å². The summed E-state index contributed by atoms with van der Waals surface area (Å²) < 4.78 is 0. The van der Waals surface area contributed by atoms with Gasteiger partial charge < -0.3 is 10.2 Å². The first-order valence-corrected chi connectivity index (χ1v) is 7.03. The molecule has 0 atom stereocenters. The van der Waals surface area contributed by atoms with Crippen LogP contribution in [0.2, 0.25) is 0 Å². The van der Waals surface area contributed by atoms with E-state index in [0.717, 1.165) is 17.9 Å². The fourth-order valence-corrected chi connectivity index (χ4v) is 2.71. The number of rotatable bonds is 10. The normalized spacial score (nSPS) is 10.1. The van der Waals surface area contributed by atoms with Crippen LogP contribution < -0.4 is 0 Å². The molecule has 0 radical (unpaired) electrons. The fourth-order valence-electron chi connectivity index (χ4n) is 0.786. The molecule has 4 nitrogen and oxygen atoms in total. The monoisotopic (exact) mass is 252 g/mol. The van der Waals surface area contributed by atoms with Crippen molar-refractivity contribution >= 4 is 35.5 Å². The zero-order chi connectivity index (χ0) is 11.5. The van der Waals surface area contributed by atoms with Crippen LogP contribution in [0.4, 0.5) is 0 Å². The van der Waals surface area contributed by atoms with Crippen molar-refractivity contribution in [2.45, 2.75) is 19.3 Å². The highest BCUT2D eigenvalue weighted by Crippen LogP contribution is 2.09. The van der Waals surface area contributed by atoms with E-state index in [-0.39, 0.29) is 12.8 Å². The number of carboxylic acid groups (broad SMARTS) is 2. The van der Waals surface area contributed by atoms with Crippen LogP contribution in [-0.2, 0) is 9.59 Å². The van der Waals surface area contributed by atoms with Crippen molar-refractivity contribution in [1.29, 1.82) is 0 Å². The predicted octanol–water partition coefficient (Wildman–Crippen LogP) is 1.79. The van der Waals surface area contributed by atoms with Crippen molar-refractivity contribution in [3.63, 3.8) is 0 Å². The molecule has 15 heavy (non-hydrogen) atoms. The Labute approximate surface area is 97.8 Å². The van der Waals surface area contributed by atoms with Gasteiger partial charge in [0.1, 0.15) is 0 Å². The molecule has 0 aliphatic rings. The Kier molecular flexibility index (Phi) is 9.92. The first kappa shape index (κ1) is 14.6. The van der Waals surface area contributed by atoms with Crippen LogP contribution in [0, 0.1) is 0 Å². The molecule has 0 aliphatic carbocycles. The lowest BCUT2D eigenvalue weighted by molar-refractivity contribution is -0.137. The molecule has 0 rings (SSSR count). The lowest BCUT2D eigenvalue weighted by atomic mass is 10.5. The Morgan fingerprint density at radius 1 is 0.800 bits per heavy atom. The van der Waals surface area contributed by atoms with E-state index in [1.165, 1.54) is 0 Å². The van der Waals surface area contributed by atoms with Gasteiger partial charge in [-0.2, -0.15) is 23.5 Å². The SMILES string of the molecule is O=C(O)CCSCCCSCCC(=O)O. The van der Waals surface area contributed by atoms with Gasteiger partial charge in [0.15, 0.2) is 0 Å². The minimum atomic E-state index is -0.752. The third-order valence-corrected chi connectivity index (χ3v) is 3.64. The Morgan fingerprint density at radius 3 is 1.53 bits per heavy atom. The molecule has 0 saturated heterocycles. The van der Waals surface area contributed by atoms with Gasteiger partial charge in [0, 0.05) is 11.5 Å². The summed E-state index contributed by atoms with van der Waals surface area (Å²) >= 11 is 3.27. The average Bonchev–Trinajstić information content (AvgIpc) is 2.14. The number of carbonyl (C=O) groups is 2. The Hall–Kier alpha value is -0.360. The zero-order valence-electron chi connectivity index (χ0n) is 8.48. The van der Waals surface area contributed by atoms with Gasteiger partial charge >= 0.3 is 11.9 Å². The Balaban J connectivity index is 2.99. The summed E-state index contributed by atoms with van der Waals surface area (Å²) in [5.74, 6) is 1.72. The Bertz CT molecular complexity index is 177. The van der Waals surface area contributed by atoms with E-state index in [4.69, 9.17) is 10.2 Å². The molecule has 0 fully saturated rings. The molecule has 0 bridgehead atoms. The molecular formula is C9H16O4S2. The molecule has 0 aromatic rings. The van der Waals surface area contributed by atoms with Gasteiger partial charge in [0.05, 0.1) is 12.8 Å². The van der Waals surface area contributed by atoms with E-state index >= 15 is 0 Å². The van der Waals surface area contributed by atoms with Gasteiger partial charge in [-0.25, -0.2) is 0 Å². The van der Waals surface area contributed by atoms with Gasteiger partial charge in [-0.3, -0.25) is 9.59 Å². The molecule has 0 spiro atoms. The number of hydrogen-bond donors (Lipinski definition) is 2. The summed E-state index contributed by atoms with van der Waals surface area (Å²) in [6, 6.07) is 0. The maximum Gasteiger partial charge on any atom is 0.304 e. The number of hydrogen-bond acceptors (Lipinski definition) is 4. The Morgan fingerprint density at radius 2 is 1.20 bits per heavy atom. The first-order valence-electron chi connectivity index (χ1n) is 4.72. The second-order valence-electron chi connectivity index (χ2n) is 2.87. The molecule has 0 saturated carbocycles. The predicted molar refractivity (Wildman–Crippen MR) is 63.8 cm³/mol. The maximum absolute atomic E-state index is 10.2. The topological polar surface area (TPSA) is 74.6 Å². The van der Waals surface area contributed by atoms with Gasteiger partial charge in [0.25, 0.3) is 0 Å². The summed E-state index contributed by atoms with van der Waals surface area (Å²) in [6.45, 7) is 0. The molecule has 2 N–H and O–H groups in total. The average molecular weight is 252 g/mol. The number of aliphatic carboxylic acids is 2. The van der Waals surface area contributed by atoms with Crippen molar-refractivity contribution in [3.8, 4) is 0 Å². The summed E-state index contributed by atoms with van der Waals surface area (Å²) in [4.78, 5) is 20.3. The standard InChI is InChI=1S/C9H16O4S2/c10-8(11)2-6-14-4-1-5-15-7-3-9(12)13/h1-7H2,(H,10,11)(H,12,13). The van der Waals surface area contributed by atoms with Crippen LogP contribution in [0.3, 0.4) is 0 Å². The van der Waals surface area contributed by atoms with Crippen molar-refractivity contribution in [2.75, 3.05) is 23.0 Å². The molecule has 0 aromatic carbocycles. The largest absolute Gasteiger partial charge is 0.481 e. The van der Waals surface area contributed by atoms with Crippen molar-refractivity contribution < 1.29 is 19.8 Å². The van der Waals surface area contributed by atoms with Crippen molar-refractivity contribution in [2.24, 2.45) is 0 Å². The fraction of sp³-hybridized carbons (Fsp3) is 0.778. The van der Waals surface area contributed by atoms with E-state index in [2.05, 4.69) is 0 Å². The third-order valence-electron chi connectivity index (χ3n) is 1.50. The van der Waals surface area contributed by atoms with Crippen LogP contribution in [0.15, 0.2) is 0 Å². The summed E-state index contributed by atoms with van der Waals surface area (Å²) in [7, 11) is 0. The van der Waals surface area contributed by atoms with Gasteiger partial charge in [-0.05, 0) is 17.9 Å². The highest BCUT2D eigenvalue weighted by molar-refractivity contribution is 8.00. The maximum atomic E-state index is 10.2.